The number of nitrogens with one attached hydrogen (secondary N) is 1. The second-order valence-electron chi connectivity index (χ2n) is 3.17. The summed E-state index contributed by atoms with van der Waals surface area (Å²) in [5.74, 6) is 0.688. The Labute approximate surface area is 71.2 Å². The van der Waals surface area contributed by atoms with E-state index in [4.69, 9.17) is 5.73 Å². The smallest absolute Gasteiger partial charge is 0.223 e. The van der Waals surface area contributed by atoms with Gasteiger partial charge in [-0.05, 0) is 19.4 Å². The van der Waals surface area contributed by atoms with E-state index in [1.54, 1.807) is 6.20 Å². The van der Waals surface area contributed by atoms with Gasteiger partial charge in [-0.25, -0.2) is 9.97 Å². The monoisotopic (exact) mass is 164 g/mol. The molecule has 0 aromatic carbocycles. The highest BCUT2D eigenvalue weighted by Crippen LogP contribution is 2.21. The molecule has 0 spiro atoms. The van der Waals surface area contributed by atoms with E-state index in [1.807, 2.05) is 13.0 Å². The lowest BCUT2D eigenvalue weighted by Gasteiger charge is -2.02. The number of anilines is 1. The minimum atomic E-state index is 0.286. The average Bonchev–Trinajstić information content (AvgIpc) is 2.66. The fourth-order valence-electron chi connectivity index (χ4n) is 1.06. The van der Waals surface area contributed by atoms with E-state index < -0.39 is 0 Å². The van der Waals surface area contributed by atoms with Crippen LogP contribution in [0.1, 0.15) is 12.1 Å². The minimum absolute atomic E-state index is 0.286. The predicted octanol–water partition coefficient (Wildman–Crippen LogP) is 0.297. The van der Waals surface area contributed by atoms with Crippen molar-refractivity contribution in [3.63, 3.8) is 0 Å². The van der Waals surface area contributed by atoms with Crippen LogP contribution in [0, 0.1) is 6.92 Å². The van der Waals surface area contributed by atoms with Gasteiger partial charge in [0, 0.05) is 24.0 Å². The van der Waals surface area contributed by atoms with Crippen LogP contribution < -0.4 is 11.1 Å². The number of nitrogens with two attached hydrogens (primary N) is 1. The fourth-order valence-corrected chi connectivity index (χ4v) is 1.06. The molecule has 0 saturated heterocycles. The maximum Gasteiger partial charge on any atom is 0.223 e. The van der Waals surface area contributed by atoms with Crippen LogP contribution in [-0.2, 0) is 0 Å². The number of hydrogen-bond donors (Lipinski definition) is 2. The van der Waals surface area contributed by atoms with E-state index in [0.717, 1.165) is 12.1 Å². The molecule has 1 fully saturated rings. The molecule has 1 aromatic rings. The van der Waals surface area contributed by atoms with E-state index in [9.17, 15) is 0 Å². The van der Waals surface area contributed by atoms with Gasteiger partial charge in [0.2, 0.25) is 5.95 Å². The van der Waals surface area contributed by atoms with Gasteiger partial charge < -0.3 is 11.1 Å². The van der Waals surface area contributed by atoms with Crippen LogP contribution in [0.2, 0.25) is 0 Å². The van der Waals surface area contributed by atoms with Crippen molar-refractivity contribution in [1.82, 2.24) is 9.97 Å². The third-order valence-corrected chi connectivity index (χ3v) is 1.95. The summed E-state index contributed by atoms with van der Waals surface area (Å²) in [6, 6.07) is 2.54. The summed E-state index contributed by atoms with van der Waals surface area (Å²) in [7, 11) is 0. The molecule has 1 heterocycles. The summed E-state index contributed by atoms with van der Waals surface area (Å²) < 4.78 is 0. The van der Waals surface area contributed by atoms with Crippen LogP contribution in [0.15, 0.2) is 12.3 Å². The van der Waals surface area contributed by atoms with E-state index >= 15 is 0 Å². The Morgan fingerprint density at radius 3 is 3.00 bits per heavy atom. The molecular formula is C8H12N4. The van der Waals surface area contributed by atoms with Crippen molar-refractivity contribution < 1.29 is 0 Å². The molecule has 2 rings (SSSR count). The van der Waals surface area contributed by atoms with E-state index in [1.165, 1.54) is 0 Å². The van der Waals surface area contributed by atoms with Gasteiger partial charge in [-0.3, -0.25) is 0 Å². The van der Waals surface area contributed by atoms with Crippen LogP contribution in [0.4, 0.5) is 5.95 Å². The quantitative estimate of drug-likeness (QED) is 0.659. The third-order valence-electron chi connectivity index (χ3n) is 1.95. The van der Waals surface area contributed by atoms with Gasteiger partial charge in [-0.2, -0.15) is 0 Å². The molecule has 1 aliphatic rings. The Balaban J connectivity index is 2.03. The molecular weight excluding hydrogens is 152 g/mol. The molecule has 1 aliphatic carbocycles. The van der Waals surface area contributed by atoms with Gasteiger partial charge in [0.05, 0.1) is 0 Å². The lowest BCUT2D eigenvalue weighted by atomic mass is 10.5. The summed E-state index contributed by atoms with van der Waals surface area (Å²) in [4.78, 5) is 8.29. The number of hydrogen-bond acceptors (Lipinski definition) is 4. The summed E-state index contributed by atoms with van der Waals surface area (Å²) in [6.45, 7) is 1.94. The first-order valence-corrected chi connectivity index (χ1v) is 4.07. The molecule has 3 N–H and O–H groups in total. The maximum atomic E-state index is 5.63. The Kier molecular flexibility index (Phi) is 1.69. The summed E-state index contributed by atoms with van der Waals surface area (Å²) in [5.41, 5.74) is 6.61. The van der Waals surface area contributed by atoms with Crippen LogP contribution in [-0.4, -0.2) is 22.1 Å². The van der Waals surface area contributed by atoms with Gasteiger partial charge in [0.15, 0.2) is 0 Å². The Morgan fingerprint density at radius 1 is 1.67 bits per heavy atom. The van der Waals surface area contributed by atoms with Crippen molar-refractivity contribution in [2.45, 2.75) is 25.4 Å². The molecule has 1 aromatic heterocycles. The van der Waals surface area contributed by atoms with Gasteiger partial charge in [0.25, 0.3) is 0 Å². The number of rotatable bonds is 2. The highest BCUT2D eigenvalue weighted by atomic mass is 15.2. The minimum Gasteiger partial charge on any atom is -0.350 e. The first-order valence-electron chi connectivity index (χ1n) is 4.07. The highest BCUT2D eigenvalue weighted by Gasteiger charge is 2.33. The van der Waals surface area contributed by atoms with Gasteiger partial charge in [-0.1, -0.05) is 0 Å². The molecule has 2 unspecified atom stereocenters. The molecule has 1 saturated carbocycles. The molecule has 12 heavy (non-hydrogen) atoms. The zero-order valence-electron chi connectivity index (χ0n) is 6.99. The van der Waals surface area contributed by atoms with Crippen molar-refractivity contribution in [1.29, 1.82) is 0 Å². The highest BCUT2D eigenvalue weighted by molar-refractivity contribution is 5.30. The standard InChI is InChI=1S/C8H12N4/c1-5-2-3-10-8(11-5)12-7-4-6(7)9/h2-3,6-7H,4,9H2,1H3,(H,10,11,12). The summed E-state index contributed by atoms with van der Waals surface area (Å²) >= 11 is 0. The SMILES string of the molecule is Cc1ccnc(NC2CC2N)n1. The third kappa shape index (κ3) is 1.53. The second-order valence-corrected chi connectivity index (χ2v) is 3.17. The zero-order valence-corrected chi connectivity index (χ0v) is 6.99. The Bertz CT molecular complexity index is 286. The maximum absolute atomic E-state index is 5.63. The van der Waals surface area contributed by atoms with Crippen LogP contribution in [0.5, 0.6) is 0 Å². The lowest BCUT2D eigenvalue weighted by molar-refractivity contribution is 0.969. The topological polar surface area (TPSA) is 63.8 Å². The van der Waals surface area contributed by atoms with Crippen LogP contribution in [0.3, 0.4) is 0 Å². The van der Waals surface area contributed by atoms with Gasteiger partial charge in [0.1, 0.15) is 0 Å². The number of nitrogens with zero attached hydrogens (tertiary/aromatic N) is 2. The van der Waals surface area contributed by atoms with Crippen molar-refractivity contribution in [2.75, 3.05) is 5.32 Å². The van der Waals surface area contributed by atoms with E-state index in [0.29, 0.717) is 12.0 Å². The van der Waals surface area contributed by atoms with Crippen LogP contribution in [0.25, 0.3) is 0 Å². The first kappa shape index (κ1) is 7.49. The predicted molar refractivity (Wildman–Crippen MR) is 46.8 cm³/mol. The van der Waals surface area contributed by atoms with Gasteiger partial charge in [-0.15, -0.1) is 0 Å². The zero-order chi connectivity index (χ0) is 8.55. The Hall–Kier alpha value is -1.16. The van der Waals surface area contributed by atoms with Crippen molar-refractivity contribution in [2.24, 2.45) is 5.73 Å². The normalized spacial score (nSPS) is 26.8. The van der Waals surface area contributed by atoms with Crippen molar-refractivity contribution in [3.05, 3.63) is 18.0 Å². The molecule has 2 atom stereocenters. The molecule has 0 amide bonds. The van der Waals surface area contributed by atoms with Crippen LogP contribution >= 0.6 is 0 Å². The molecule has 0 radical (unpaired) electrons. The average molecular weight is 164 g/mol. The van der Waals surface area contributed by atoms with Crippen molar-refractivity contribution in [3.8, 4) is 0 Å². The Morgan fingerprint density at radius 2 is 2.42 bits per heavy atom. The van der Waals surface area contributed by atoms with Crippen molar-refractivity contribution >= 4 is 5.95 Å². The fraction of sp³-hybridized carbons (Fsp3) is 0.500. The molecule has 4 nitrogen and oxygen atoms in total. The van der Waals surface area contributed by atoms with Gasteiger partial charge >= 0.3 is 0 Å². The summed E-state index contributed by atoms with van der Waals surface area (Å²) in [6.07, 6.45) is 2.77. The summed E-state index contributed by atoms with van der Waals surface area (Å²) in [5, 5.41) is 3.16. The largest absolute Gasteiger partial charge is 0.350 e. The molecule has 0 aliphatic heterocycles. The number of aromatic nitrogens is 2. The molecule has 64 valence electrons. The molecule has 4 heteroatoms. The van der Waals surface area contributed by atoms with E-state index in [2.05, 4.69) is 15.3 Å². The molecule has 0 bridgehead atoms. The lowest BCUT2D eigenvalue weighted by Crippen LogP contribution is -2.14. The van der Waals surface area contributed by atoms with E-state index in [-0.39, 0.29) is 6.04 Å². The number of aryl methyl sites for hydroxylation is 1. The second kappa shape index (κ2) is 2.71. The first-order chi connectivity index (χ1) is 5.75.